The number of carbonyl (C=O) groups is 2. The number of nitrogens with zero attached hydrogens (tertiary/aromatic N) is 2. The quantitative estimate of drug-likeness (QED) is 0.561. The number of carbonyl (C=O) groups excluding carboxylic acids is 2. The van der Waals surface area contributed by atoms with Crippen LogP contribution in [0, 0.1) is 13.8 Å². The van der Waals surface area contributed by atoms with Crippen molar-refractivity contribution in [3.05, 3.63) is 68.4 Å². The molecule has 2 aromatic heterocycles. The van der Waals surface area contributed by atoms with Crippen LogP contribution in [0.25, 0.3) is 5.69 Å². The van der Waals surface area contributed by atoms with Crippen LogP contribution in [0.2, 0.25) is 0 Å². The van der Waals surface area contributed by atoms with Crippen molar-refractivity contribution in [3.63, 3.8) is 0 Å². The number of nitrogens with one attached hydrogen (secondary N) is 1. The third-order valence-electron chi connectivity index (χ3n) is 4.53. The predicted octanol–water partition coefficient (Wildman–Crippen LogP) is 3.74. The fraction of sp³-hybridized carbons (Fsp3) is 0.273. The van der Waals surface area contributed by atoms with E-state index in [2.05, 4.69) is 10.4 Å². The first-order chi connectivity index (χ1) is 14.8. The van der Waals surface area contributed by atoms with Gasteiger partial charge in [-0.05, 0) is 57.5 Å². The molecule has 3 rings (SSSR count). The van der Waals surface area contributed by atoms with Crippen LogP contribution in [0.1, 0.15) is 45.1 Å². The lowest BCUT2D eigenvalue weighted by Gasteiger charge is -2.09. The van der Waals surface area contributed by atoms with E-state index in [-0.39, 0.29) is 12.3 Å². The molecule has 0 aliphatic rings. The van der Waals surface area contributed by atoms with E-state index < -0.39 is 17.3 Å². The molecule has 0 atom stereocenters. The first-order valence-electron chi connectivity index (χ1n) is 9.77. The molecule has 0 unspecified atom stereocenters. The van der Waals surface area contributed by atoms with Crippen LogP contribution in [0.3, 0.4) is 0 Å². The van der Waals surface area contributed by atoms with Crippen molar-refractivity contribution < 1.29 is 19.1 Å². The molecule has 8 nitrogen and oxygen atoms in total. The van der Waals surface area contributed by atoms with Gasteiger partial charge in [-0.3, -0.25) is 9.59 Å². The lowest BCUT2D eigenvalue weighted by Crippen LogP contribution is -2.25. The van der Waals surface area contributed by atoms with E-state index in [1.807, 2.05) is 13.8 Å². The van der Waals surface area contributed by atoms with Gasteiger partial charge in [-0.25, -0.2) is 9.48 Å². The first-order valence-corrected chi connectivity index (χ1v) is 10.6. The summed E-state index contributed by atoms with van der Waals surface area (Å²) in [5.74, 6) is -0.509. The first kappa shape index (κ1) is 22.2. The molecule has 0 spiro atoms. The molecule has 0 saturated heterocycles. The van der Waals surface area contributed by atoms with Gasteiger partial charge in [0.1, 0.15) is 10.8 Å². The normalized spacial score (nSPS) is 10.6. The molecule has 0 aliphatic carbocycles. The van der Waals surface area contributed by atoms with Gasteiger partial charge in [0.25, 0.3) is 5.91 Å². The number of rotatable bonds is 7. The SMILES string of the molecule is CCOC(=O)c1c(NC(=O)c2nn(-c3ccc(OCC)cc3)ccc2=O)sc(C)c1C. The topological polar surface area (TPSA) is 99.5 Å². The van der Waals surface area contributed by atoms with Gasteiger partial charge in [-0.15, -0.1) is 11.3 Å². The van der Waals surface area contributed by atoms with Gasteiger partial charge in [-0.2, -0.15) is 5.10 Å². The predicted molar refractivity (Wildman–Crippen MR) is 119 cm³/mol. The van der Waals surface area contributed by atoms with Crippen LogP contribution >= 0.6 is 11.3 Å². The van der Waals surface area contributed by atoms with Crippen LogP contribution in [0.5, 0.6) is 5.75 Å². The number of aryl methyl sites for hydroxylation is 1. The van der Waals surface area contributed by atoms with Crippen LogP contribution in [0.15, 0.2) is 41.3 Å². The molecular formula is C22H23N3O5S. The van der Waals surface area contributed by atoms with E-state index in [1.54, 1.807) is 38.1 Å². The summed E-state index contributed by atoms with van der Waals surface area (Å²) >= 11 is 1.25. The lowest BCUT2D eigenvalue weighted by atomic mass is 10.1. The average Bonchev–Trinajstić information content (AvgIpc) is 3.02. The van der Waals surface area contributed by atoms with E-state index in [4.69, 9.17) is 9.47 Å². The zero-order valence-corrected chi connectivity index (χ0v) is 18.5. The fourth-order valence-electron chi connectivity index (χ4n) is 2.90. The number of amides is 1. The third-order valence-corrected chi connectivity index (χ3v) is 5.65. The Kier molecular flexibility index (Phi) is 6.86. The van der Waals surface area contributed by atoms with Crippen molar-refractivity contribution in [3.8, 4) is 11.4 Å². The fourth-order valence-corrected chi connectivity index (χ4v) is 3.94. The summed E-state index contributed by atoms with van der Waals surface area (Å²) < 4.78 is 12.0. The van der Waals surface area contributed by atoms with Gasteiger partial charge in [-0.1, -0.05) is 0 Å². The molecule has 2 heterocycles. The summed E-state index contributed by atoms with van der Waals surface area (Å²) in [5, 5.41) is 7.18. The number of ether oxygens (including phenoxy) is 2. The monoisotopic (exact) mass is 441 g/mol. The highest BCUT2D eigenvalue weighted by atomic mass is 32.1. The maximum atomic E-state index is 12.9. The smallest absolute Gasteiger partial charge is 0.341 e. The number of aromatic nitrogens is 2. The maximum absolute atomic E-state index is 12.9. The number of esters is 1. The molecule has 0 aliphatic heterocycles. The zero-order valence-electron chi connectivity index (χ0n) is 17.7. The second-order valence-electron chi connectivity index (χ2n) is 6.56. The molecule has 1 N–H and O–H groups in total. The Bertz CT molecular complexity index is 1160. The van der Waals surface area contributed by atoms with Gasteiger partial charge in [0.15, 0.2) is 5.69 Å². The molecule has 3 aromatic rings. The largest absolute Gasteiger partial charge is 0.494 e. The average molecular weight is 442 g/mol. The summed E-state index contributed by atoms with van der Waals surface area (Å²) in [5.41, 5.74) is 0.872. The Balaban J connectivity index is 1.91. The van der Waals surface area contributed by atoms with E-state index in [0.29, 0.717) is 28.6 Å². The van der Waals surface area contributed by atoms with Crippen molar-refractivity contribution in [2.45, 2.75) is 27.7 Å². The molecule has 1 amide bonds. The molecule has 0 bridgehead atoms. The highest BCUT2D eigenvalue weighted by Crippen LogP contribution is 2.33. The summed E-state index contributed by atoms with van der Waals surface area (Å²) in [6, 6.07) is 8.38. The van der Waals surface area contributed by atoms with Crippen molar-refractivity contribution in [1.82, 2.24) is 9.78 Å². The van der Waals surface area contributed by atoms with Gasteiger partial charge in [0.05, 0.1) is 24.5 Å². The second-order valence-corrected chi connectivity index (χ2v) is 7.79. The van der Waals surface area contributed by atoms with Crippen molar-refractivity contribution >= 4 is 28.2 Å². The Morgan fingerprint density at radius 1 is 1.10 bits per heavy atom. The standard InChI is InChI=1S/C22H23N3O5S/c1-5-29-16-9-7-15(8-10-16)25-12-11-17(26)19(24-25)20(27)23-21-18(22(28)30-6-2)13(3)14(4)31-21/h7-12H,5-6H2,1-4H3,(H,23,27). The summed E-state index contributed by atoms with van der Waals surface area (Å²) in [6.45, 7) is 8.00. The minimum absolute atomic E-state index is 0.216. The molecule has 0 radical (unpaired) electrons. The van der Waals surface area contributed by atoms with Gasteiger partial charge in [0.2, 0.25) is 5.43 Å². The molecule has 1 aromatic carbocycles. The van der Waals surface area contributed by atoms with Crippen LogP contribution < -0.4 is 15.5 Å². The molecule has 0 fully saturated rings. The van der Waals surface area contributed by atoms with E-state index in [9.17, 15) is 14.4 Å². The number of thiophene rings is 1. The maximum Gasteiger partial charge on any atom is 0.341 e. The van der Waals surface area contributed by atoms with E-state index >= 15 is 0 Å². The number of benzene rings is 1. The number of hydrogen-bond donors (Lipinski definition) is 1. The van der Waals surface area contributed by atoms with Crippen molar-refractivity contribution in [2.24, 2.45) is 0 Å². The van der Waals surface area contributed by atoms with Crippen LogP contribution in [-0.2, 0) is 4.74 Å². The van der Waals surface area contributed by atoms with Gasteiger partial charge < -0.3 is 14.8 Å². The third kappa shape index (κ3) is 4.83. The Morgan fingerprint density at radius 3 is 2.45 bits per heavy atom. The second kappa shape index (κ2) is 9.57. The van der Waals surface area contributed by atoms with Gasteiger partial charge in [0, 0.05) is 17.1 Å². The number of anilines is 1. The minimum atomic E-state index is -0.697. The molecule has 9 heteroatoms. The van der Waals surface area contributed by atoms with E-state index in [0.717, 1.165) is 10.4 Å². The van der Waals surface area contributed by atoms with Crippen LogP contribution in [-0.4, -0.2) is 34.9 Å². The Morgan fingerprint density at radius 2 is 1.81 bits per heavy atom. The summed E-state index contributed by atoms with van der Waals surface area (Å²) in [6.07, 6.45) is 1.48. The van der Waals surface area contributed by atoms with Crippen molar-refractivity contribution in [1.29, 1.82) is 0 Å². The highest BCUT2D eigenvalue weighted by molar-refractivity contribution is 7.16. The van der Waals surface area contributed by atoms with Crippen molar-refractivity contribution in [2.75, 3.05) is 18.5 Å². The zero-order chi connectivity index (χ0) is 22.5. The van der Waals surface area contributed by atoms with E-state index in [1.165, 1.54) is 28.3 Å². The highest BCUT2D eigenvalue weighted by Gasteiger charge is 2.24. The Hall–Kier alpha value is -3.46. The van der Waals surface area contributed by atoms with Crippen LogP contribution in [0.4, 0.5) is 5.00 Å². The number of hydrogen-bond acceptors (Lipinski definition) is 7. The molecule has 162 valence electrons. The molecular weight excluding hydrogens is 418 g/mol. The molecule has 0 saturated carbocycles. The summed E-state index contributed by atoms with van der Waals surface area (Å²) in [7, 11) is 0. The Labute approximate surface area is 183 Å². The summed E-state index contributed by atoms with van der Waals surface area (Å²) in [4.78, 5) is 38.4. The lowest BCUT2D eigenvalue weighted by molar-refractivity contribution is 0.0527. The van der Waals surface area contributed by atoms with Gasteiger partial charge >= 0.3 is 5.97 Å². The molecule has 31 heavy (non-hydrogen) atoms. The minimum Gasteiger partial charge on any atom is -0.494 e.